The van der Waals surface area contributed by atoms with E-state index in [1.54, 1.807) is 48.5 Å². The van der Waals surface area contributed by atoms with Crippen molar-refractivity contribution in [1.29, 1.82) is 0 Å². The first-order chi connectivity index (χ1) is 29.3. The van der Waals surface area contributed by atoms with Crippen LogP contribution in [0.2, 0.25) is 0 Å². The van der Waals surface area contributed by atoms with E-state index in [0.717, 1.165) is 22.3 Å². The summed E-state index contributed by atoms with van der Waals surface area (Å²) in [6, 6.07) is 52.8. The molecule has 1 atom stereocenters. The zero-order valence-corrected chi connectivity index (χ0v) is 33.8. The molecule has 0 bridgehead atoms. The Morgan fingerprint density at radius 1 is 0.517 bits per heavy atom. The average molecular weight is 799 g/mol. The number of nitrogens with zero attached hydrogens (tertiary/aromatic N) is 2. The van der Waals surface area contributed by atoms with Gasteiger partial charge in [-0.05, 0) is 52.6 Å². The number of Topliss-reactive ketones (excluding diaryl/α,β-unsaturated/α-hetero) is 1. The van der Waals surface area contributed by atoms with Crippen molar-refractivity contribution in [2.45, 2.75) is 31.8 Å². The first-order valence-corrected chi connectivity index (χ1v) is 19.6. The van der Waals surface area contributed by atoms with Crippen molar-refractivity contribution in [3.05, 3.63) is 226 Å². The van der Waals surface area contributed by atoms with E-state index in [1.165, 1.54) is 21.3 Å². The van der Waals surface area contributed by atoms with Crippen LogP contribution in [0, 0.1) is 0 Å². The predicted octanol–water partition coefficient (Wildman–Crippen LogP) is 9.05. The number of methoxy groups -OCH3 is 3. The van der Waals surface area contributed by atoms with Crippen LogP contribution in [-0.2, 0) is 50.8 Å². The van der Waals surface area contributed by atoms with Crippen LogP contribution in [0.4, 0.5) is 0 Å². The minimum atomic E-state index is -2.28. The Morgan fingerprint density at radius 3 is 1.32 bits per heavy atom. The topological polar surface area (TPSA) is 94.6 Å². The molecule has 0 fully saturated rings. The summed E-state index contributed by atoms with van der Waals surface area (Å²) in [7, 11) is 4.24. The van der Waals surface area contributed by atoms with Gasteiger partial charge in [-0.25, -0.2) is 9.59 Å². The highest BCUT2D eigenvalue weighted by molar-refractivity contribution is 6.24. The summed E-state index contributed by atoms with van der Waals surface area (Å²) in [6.45, 7) is 1.23. The number of carbonyl (C=O) groups excluding carboxylic acids is 3. The average Bonchev–Trinajstić information content (AvgIpc) is 3.30. The lowest BCUT2D eigenvalue weighted by Gasteiger charge is -2.44. The zero-order valence-electron chi connectivity index (χ0n) is 33.8. The number of ether oxygens (including phenoxy) is 4. The molecule has 9 heteroatoms. The number of hydrogen-bond acceptors (Lipinski definition) is 9. The Labute approximate surface area is 350 Å². The molecular formula is C51H46N2O7. The van der Waals surface area contributed by atoms with Gasteiger partial charge in [0.15, 0.2) is 0 Å². The second-order valence-corrected chi connectivity index (χ2v) is 14.3. The summed E-state index contributed by atoms with van der Waals surface area (Å²) in [6.07, 6.45) is 1.82. The lowest BCUT2D eigenvalue weighted by Crippen LogP contribution is -2.52. The van der Waals surface area contributed by atoms with Crippen molar-refractivity contribution >= 4 is 17.7 Å². The van der Waals surface area contributed by atoms with Gasteiger partial charge in [-0.15, -0.1) is 0 Å². The third kappa shape index (κ3) is 9.01. The van der Waals surface area contributed by atoms with Gasteiger partial charge in [0.25, 0.3) is 0 Å². The second kappa shape index (κ2) is 18.9. The van der Waals surface area contributed by atoms with Crippen LogP contribution >= 0.6 is 0 Å². The SMILES string of the molecule is COC(=O)C1=C(N(Cc2ccccc2)Cc2ccccc2)C=C(N(Cc2ccccc2)Cc2ccccc2)C(OC(=O)c2ccccc2)(c2cc(OC)cc(OC)c2)C1=O. The summed E-state index contributed by atoms with van der Waals surface area (Å²) in [5.74, 6) is -1.78. The molecule has 60 heavy (non-hydrogen) atoms. The molecule has 6 aromatic rings. The van der Waals surface area contributed by atoms with Gasteiger partial charge in [0, 0.05) is 37.8 Å². The first-order valence-electron chi connectivity index (χ1n) is 19.6. The summed E-state index contributed by atoms with van der Waals surface area (Å²) >= 11 is 0. The van der Waals surface area contributed by atoms with Gasteiger partial charge in [-0.1, -0.05) is 140 Å². The maximum Gasteiger partial charge on any atom is 0.343 e. The second-order valence-electron chi connectivity index (χ2n) is 14.3. The van der Waals surface area contributed by atoms with Crippen LogP contribution in [-0.4, -0.2) is 48.9 Å². The van der Waals surface area contributed by atoms with Gasteiger partial charge in [0.2, 0.25) is 11.4 Å². The van der Waals surface area contributed by atoms with Crippen molar-refractivity contribution in [3.63, 3.8) is 0 Å². The van der Waals surface area contributed by atoms with E-state index in [1.807, 2.05) is 137 Å². The minimum Gasteiger partial charge on any atom is -0.497 e. The number of rotatable bonds is 16. The van der Waals surface area contributed by atoms with Crippen LogP contribution in [0.25, 0.3) is 0 Å². The third-order valence-corrected chi connectivity index (χ3v) is 10.4. The van der Waals surface area contributed by atoms with E-state index in [9.17, 15) is 9.59 Å². The van der Waals surface area contributed by atoms with Gasteiger partial charge in [-0.2, -0.15) is 0 Å². The van der Waals surface area contributed by atoms with Gasteiger partial charge in [0.1, 0.15) is 17.1 Å². The molecule has 0 radical (unpaired) electrons. The van der Waals surface area contributed by atoms with Crippen molar-refractivity contribution < 1.29 is 33.3 Å². The molecule has 0 aliphatic heterocycles. The van der Waals surface area contributed by atoms with Crippen molar-refractivity contribution in [3.8, 4) is 11.5 Å². The van der Waals surface area contributed by atoms with Gasteiger partial charge < -0.3 is 28.7 Å². The Kier molecular flexibility index (Phi) is 12.9. The minimum absolute atomic E-state index is 0.209. The lowest BCUT2D eigenvalue weighted by atomic mass is 9.76. The molecule has 7 rings (SSSR count). The molecule has 0 amide bonds. The molecule has 1 unspecified atom stereocenters. The molecule has 0 aromatic heterocycles. The van der Waals surface area contributed by atoms with E-state index in [4.69, 9.17) is 18.9 Å². The largest absolute Gasteiger partial charge is 0.497 e. The Hall–Kier alpha value is -7.39. The number of hydrogen-bond donors (Lipinski definition) is 0. The van der Waals surface area contributed by atoms with Crippen molar-refractivity contribution in [2.24, 2.45) is 0 Å². The fourth-order valence-corrected chi connectivity index (χ4v) is 7.46. The van der Waals surface area contributed by atoms with E-state index in [2.05, 4.69) is 0 Å². The molecule has 9 nitrogen and oxygen atoms in total. The molecule has 1 aliphatic carbocycles. The maximum atomic E-state index is 16.2. The normalized spacial score (nSPS) is 14.8. The molecule has 0 saturated heterocycles. The molecule has 6 aromatic carbocycles. The van der Waals surface area contributed by atoms with E-state index in [-0.39, 0.29) is 16.7 Å². The van der Waals surface area contributed by atoms with Crippen molar-refractivity contribution in [2.75, 3.05) is 21.3 Å². The number of carbonyl (C=O) groups is 3. The first kappa shape index (κ1) is 40.8. The molecule has 0 heterocycles. The van der Waals surface area contributed by atoms with Gasteiger partial charge in [0.05, 0.1) is 38.3 Å². The summed E-state index contributed by atoms with van der Waals surface area (Å²) in [4.78, 5) is 49.3. The zero-order chi connectivity index (χ0) is 41.9. The highest BCUT2D eigenvalue weighted by Crippen LogP contribution is 2.47. The number of esters is 2. The highest BCUT2D eigenvalue weighted by atomic mass is 16.6. The summed E-state index contributed by atoms with van der Waals surface area (Å²) < 4.78 is 23.7. The molecular weight excluding hydrogens is 753 g/mol. The van der Waals surface area contributed by atoms with E-state index in [0.29, 0.717) is 49.1 Å². The third-order valence-electron chi connectivity index (χ3n) is 10.4. The fourth-order valence-electron chi connectivity index (χ4n) is 7.46. The van der Waals surface area contributed by atoms with Crippen molar-refractivity contribution in [1.82, 2.24) is 9.80 Å². The highest BCUT2D eigenvalue weighted by Gasteiger charge is 2.56. The standard InChI is InChI=1S/C51H46N2O7/c1-57-43-29-42(30-44(31-43)58-2)51(60-49(55)41-27-17-8-18-28-41)46(53(35-39-23-13-6-14-24-39)36-40-25-15-7-16-26-40)32-45(47(48(51)54)50(56)59-3)52(33-37-19-9-4-10-20-37)34-38-21-11-5-12-22-38/h4-32H,33-36H2,1-3H3. The monoisotopic (exact) mass is 798 g/mol. The maximum absolute atomic E-state index is 16.2. The predicted molar refractivity (Wildman–Crippen MR) is 229 cm³/mol. The number of ketones is 1. The Morgan fingerprint density at radius 2 is 0.917 bits per heavy atom. The van der Waals surface area contributed by atoms with Crippen LogP contribution in [0.15, 0.2) is 193 Å². The molecule has 0 spiro atoms. The van der Waals surface area contributed by atoms with Crippen LogP contribution in [0.5, 0.6) is 11.5 Å². The van der Waals surface area contributed by atoms with Gasteiger partial charge in [-0.3, -0.25) is 4.79 Å². The Balaban J connectivity index is 1.58. The number of benzene rings is 6. The molecule has 1 aliphatic rings. The van der Waals surface area contributed by atoms with Crippen LogP contribution in [0.3, 0.4) is 0 Å². The summed E-state index contributed by atoms with van der Waals surface area (Å²) in [5, 5.41) is 0. The lowest BCUT2D eigenvalue weighted by molar-refractivity contribution is -0.143. The Bertz CT molecular complexity index is 2370. The quantitative estimate of drug-likeness (QED) is 0.0703. The molecule has 302 valence electrons. The van der Waals surface area contributed by atoms with Crippen LogP contribution in [0.1, 0.15) is 38.2 Å². The van der Waals surface area contributed by atoms with Crippen LogP contribution < -0.4 is 9.47 Å². The summed E-state index contributed by atoms with van der Waals surface area (Å²) in [5.41, 5.74) is 2.24. The smallest absolute Gasteiger partial charge is 0.343 e. The molecule has 0 N–H and O–H groups in total. The van der Waals surface area contributed by atoms with E-state index >= 15 is 4.79 Å². The van der Waals surface area contributed by atoms with E-state index < -0.39 is 23.3 Å². The van der Waals surface area contributed by atoms with Gasteiger partial charge >= 0.3 is 11.9 Å². The molecule has 0 saturated carbocycles. The fraction of sp³-hybridized carbons (Fsp3) is 0.157. The number of allylic oxidation sites excluding steroid dienone is 1.